The predicted octanol–water partition coefficient (Wildman–Crippen LogP) is 0.974. The Morgan fingerprint density at radius 2 is 2.08 bits per heavy atom. The van der Waals surface area contributed by atoms with Gasteiger partial charge in [-0.25, -0.2) is 13.2 Å². The van der Waals surface area contributed by atoms with Gasteiger partial charge in [0, 0.05) is 25.7 Å². The van der Waals surface area contributed by atoms with Gasteiger partial charge in [-0.15, -0.1) is 0 Å². The average Bonchev–Trinajstić information content (AvgIpc) is 2.53. The lowest BCUT2D eigenvalue weighted by Crippen LogP contribution is -2.58. The molecule has 2 atom stereocenters. The molecular formula is C17H25N3O4S. The van der Waals surface area contributed by atoms with Crippen molar-refractivity contribution < 1.29 is 17.9 Å². The molecule has 3 rings (SSSR count). The molecule has 1 aromatic rings. The first kappa shape index (κ1) is 18.0. The summed E-state index contributed by atoms with van der Waals surface area (Å²) < 4.78 is 30.7. The van der Waals surface area contributed by atoms with Gasteiger partial charge in [0.25, 0.3) is 0 Å². The van der Waals surface area contributed by atoms with Crippen LogP contribution in [0.5, 0.6) is 5.75 Å². The number of amides is 2. The van der Waals surface area contributed by atoms with Crippen LogP contribution in [0.3, 0.4) is 0 Å². The van der Waals surface area contributed by atoms with Crippen LogP contribution in [0.1, 0.15) is 18.1 Å². The molecule has 0 radical (unpaired) electrons. The van der Waals surface area contributed by atoms with Gasteiger partial charge >= 0.3 is 6.03 Å². The van der Waals surface area contributed by atoms with Crippen molar-refractivity contribution in [1.82, 2.24) is 14.5 Å². The van der Waals surface area contributed by atoms with Crippen molar-refractivity contribution >= 4 is 16.1 Å². The summed E-state index contributed by atoms with van der Waals surface area (Å²) in [5, 5.41) is 3.02. The smallest absolute Gasteiger partial charge is 0.317 e. The maximum Gasteiger partial charge on any atom is 0.317 e. The van der Waals surface area contributed by atoms with Crippen LogP contribution in [0, 0.1) is 6.92 Å². The van der Waals surface area contributed by atoms with Gasteiger partial charge in [-0.05, 0) is 31.4 Å². The Labute approximate surface area is 149 Å². The molecule has 1 aromatic carbocycles. The lowest BCUT2D eigenvalue weighted by Gasteiger charge is -2.39. The van der Waals surface area contributed by atoms with Gasteiger partial charge in [0.1, 0.15) is 12.4 Å². The molecule has 0 aliphatic carbocycles. The Bertz CT molecular complexity index is 765. The number of carbonyl (C=O) groups is 1. The molecule has 2 amide bonds. The van der Waals surface area contributed by atoms with Crippen LogP contribution < -0.4 is 10.1 Å². The quantitative estimate of drug-likeness (QED) is 0.845. The average molecular weight is 367 g/mol. The molecule has 0 saturated carbocycles. The first-order valence-corrected chi connectivity index (χ1v) is 10.3. The maximum atomic E-state index is 12.5. The van der Waals surface area contributed by atoms with E-state index in [0.29, 0.717) is 26.2 Å². The van der Waals surface area contributed by atoms with Crippen LogP contribution in [-0.2, 0) is 16.4 Å². The molecule has 1 fully saturated rings. The van der Waals surface area contributed by atoms with Gasteiger partial charge in [0.05, 0.1) is 12.3 Å². The van der Waals surface area contributed by atoms with Gasteiger partial charge < -0.3 is 15.0 Å². The number of fused-ring (bicyclic) bond motifs is 1. The minimum Gasteiger partial charge on any atom is -0.491 e. The minimum absolute atomic E-state index is 0.0787. The number of piperazine rings is 1. The number of urea groups is 1. The zero-order valence-corrected chi connectivity index (χ0v) is 15.7. The second-order valence-corrected chi connectivity index (χ2v) is 8.83. The number of sulfonamides is 1. The van der Waals surface area contributed by atoms with Crippen molar-refractivity contribution in [1.29, 1.82) is 0 Å². The third kappa shape index (κ3) is 3.90. The number of nitrogens with zero attached hydrogens (tertiary/aromatic N) is 2. The fraction of sp³-hybridized carbons (Fsp3) is 0.588. The van der Waals surface area contributed by atoms with Crippen molar-refractivity contribution in [3.63, 3.8) is 0 Å². The molecule has 2 aliphatic heterocycles. The number of ether oxygens (including phenoxy) is 1. The third-order valence-corrected chi connectivity index (χ3v) is 6.19. The highest BCUT2D eigenvalue weighted by atomic mass is 32.2. The molecule has 0 bridgehead atoms. The van der Waals surface area contributed by atoms with E-state index in [1.165, 1.54) is 10.6 Å². The molecule has 2 aliphatic rings. The van der Waals surface area contributed by atoms with Crippen molar-refractivity contribution in [3.05, 3.63) is 29.3 Å². The summed E-state index contributed by atoms with van der Waals surface area (Å²) >= 11 is 0. The van der Waals surface area contributed by atoms with Crippen LogP contribution in [0.15, 0.2) is 18.2 Å². The lowest BCUT2D eigenvalue weighted by atomic mass is 10.00. The van der Waals surface area contributed by atoms with Crippen LogP contribution in [0.25, 0.3) is 0 Å². The van der Waals surface area contributed by atoms with Crippen molar-refractivity contribution in [2.75, 3.05) is 32.5 Å². The van der Waals surface area contributed by atoms with E-state index in [0.717, 1.165) is 23.3 Å². The number of benzene rings is 1. The van der Waals surface area contributed by atoms with E-state index in [9.17, 15) is 13.2 Å². The number of rotatable bonds is 2. The molecular weight excluding hydrogens is 342 g/mol. The molecule has 2 heterocycles. The van der Waals surface area contributed by atoms with E-state index in [1.54, 1.807) is 4.90 Å². The van der Waals surface area contributed by atoms with E-state index < -0.39 is 10.0 Å². The number of aryl methyl sites for hydroxylation is 1. The Morgan fingerprint density at radius 3 is 2.76 bits per heavy atom. The van der Waals surface area contributed by atoms with Crippen molar-refractivity contribution in [2.24, 2.45) is 0 Å². The van der Waals surface area contributed by atoms with Gasteiger partial charge in [0.15, 0.2) is 0 Å². The van der Waals surface area contributed by atoms with Crippen LogP contribution >= 0.6 is 0 Å². The molecule has 0 aromatic heterocycles. The fourth-order valence-electron chi connectivity index (χ4n) is 3.57. The second-order valence-electron chi connectivity index (χ2n) is 6.89. The number of nitrogens with one attached hydrogen (secondary N) is 1. The summed E-state index contributed by atoms with van der Waals surface area (Å²) in [7, 11) is -3.23. The minimum atomic E-state index is -3.23. The topological polar surface area (TPSA) is 79.0 Å². The summed E-state index contributed by atoms with van der Waals surface area (Å²) in [4.78, 5) is 14.2. The standard InChI is InChI=1S/C17H25N3O4S/c1-12-5-4-6-14-9-15(11-24-16(12)14)18-17(21)19-7-8-20(13(2)10-19)25(3,22)23/h4-6,13,15H,7-11H2,1-3H3,(H,18,21)/t13-,15?/m0/s1. The normalized spacial score (nSPS) is 24.4. The summed E-state index contributed by atoms with van der Waals surface area (Å²) in [5.74, 6) is 0.920. The molecule has 1 N–H and O–H groups in total. The highest BCUT2D eigenvalue weighted by Crippen LogP contribution is 2.28. The van der Waals surface area contributed by atoms with E-state index in [-0.39, 0.29) is 18.1 Å². The summed E-state index contributed by atoms with van der Waals surface area (Å²) in [6, 6.07) is 5.57. The number of carbonyl (C=O) groups excluding carboxylic acids is 1. The van der Waals surface area contributed by atoms with Crippen LogP contribution in [0.2, 0.25) is 0 Å². The second kappa shape index (κ2) is 6.84. The van der Waals surface area contributed by atoms with E-state index >= 15 is 0 Å². The fourth-order valence-corrected chi connectivity index (χ4v) is 4.70. The van der Waals surface area contributed by atoms with Crippen molar-refractivity contribution in [3.8, 4) is 5.75 Å². The van der Waals surface area contributed by atoms with Gasteiger partial charge in [0.2, 0.25) is 10.0 Å². The number of hydrogen-bond acceptors (Lipinski definition) is 4. The Morgan fingerprint density at radius 1 is 1.32 bits per heavy atom. The molecule has 1 saturated heterocycles. The number of para-hydroxylation sites is 1. The monoisotopic (exact) mass is 367 g/mol. The summed E-state index contributed by atoms with van der Waals surface area (Å²) in [6.45, 7) is 5.40. The molecule has 25 heavy (non-hydrogen) atoms. The Balaban J connectivity index is 1.59. The highest BCUT2D eigenvalue weighted by Gasteiger charge is 2.33. The molecule has 138 valence electrons. The zero-order chi connectivity index (χ0) is 18.2. The molecule has 1 unspecified atom stereocenters. The molecule has 0 spiro atoms. The first-order valence-electron chi connectivity index (χ1n) is 8.49. The first-order chi connectivity index (χ1) is 11.8. The van der Waals surface area contributed by atoms with Gasteiger partial charge in [-0.3, -0.25) is 0 Å². The van der Waals surface area contributed by atoms with Crippen LogP contribution in [-0.4, -0.2) is 68.2 Å². The predicted molar refractivity (Wildman–Crippen MR) is 95.3 cm³/mol. The number of hydrogen-bond donors (Lipinski definition) is 1. The Kier molecular flexibility index (Phi) is 4.92. The molecule has 8 heteroatoms. The summed E-state index contributed by atoms with van der Waals surface area (Å²) in [5.41, 5.74) is 2.21. The zero-order valence-electron chi connectivity index (χ0n) is 14.9. The Hall–Kier alpha value is -1.80. The van der Waals surface area contributed by atoms with E-state index in [4.69, 9.17) is 4.74 Å². The van der Waals surface area contributed by atoms with Crippen LogP contribution in [0.4, 0.5) is 4.79 Å². The maximum absolute atomic E-state index is 12.5. The van der Waals surface area contributed by atoms with E-state index in [1.807, 2.05) is 32.0 Å². The largest absolute Gasteiger partial charge is 0.491 e. The third-order valence-electron chi connectivity index (χ3n) is 4.80. The van der Waals surface area contributed by atoms with Gasteiger partial charge in [-0.2, -0.15) is 4.31 Å². The van der Waals surface area contributed by atoms with Crippen molar-refractivity contribution in [2.45, 2.75) is 32.4 Å². The summed E-state index contributed by atoms with van der Waals surface area (Å²) in [6.07, 6.45) is 1.94. The SMILES string of the molecule is Cc1cccc2c1OCC(NC(=O)N1CCN(S(C)(=O)=O)[C@@H](C)C1)C2. The lowest BCUT2D eigenvalue weighted by molar-refractivity contribution is 0.140. The highest BCUT2D eigenvalue weighted by molar-refractivity contribution is 7.88. The van der Waals surface area contributed by atoms with Gasteiger partial charge in [-0.1, -0.05) is 18.2 Å². The van der Waals surface area contributed by atoms with E-state index in [2.05, 4.69) is 5.32 Å². The molecule has 7 nitrogen and oxygen atoms in total.